The first-order chi connectivity index (χ1) is 11.1. The van der Waals surface area contributed by atoms with Crippen LogP contribution in [-0.2, 0) is 9.53 Å². The van der Waals surface area contributed by atoms with Crippen LogP contribution in [0.25, 0.3) is 0 Å². The Hall–Kier alpha value is -1.84. The average molecular weight is 317 g/mol. The second-order valence-electron chi connectivity index (χ2n) is 6.73. The first-order valence-corrected chi connectivity index (χ1v) is 8.60. The number of rotatable bonds is 6. The lowest BCUT2D eigenvalue weighted by Gasteiger charge is -2.21. The van der Waals surface area contributed by atoms with Gasteiger partial charge in [-0.2, -0.15) is 0 Å². The molecule has 126 valence electrons. The van der Waals surface area contributed by atoms with Crippen LogP contribution in [0.3, 0.4) is 0 Å². The van der Waals surface area contributed by atoms with Gasteiger partial charge in [-0.25, -0.2) is 4.79 Å². The van der Waals surface area contributed by atoms with Crippen molar-refractivity contribution in [2.75, 3.05) is 13.2 Å². The maximum atomic E-state index is 12.0. The zero-order valence-corrected chi connectivity index (χ0v) is 14.1. The fourth-order valence-electron chi connectivity index (χ4n) is 2.91. The van der Waals surface area contributed by atoms with Crippen LogP contribution in [0.1, 0.15) is 67.8 Å². The van der Waals surface area contributed by atoms with Crippen LogP contribution in [0.2, 0.25) is 0 Å². The Balaban J connectivity index is 1.81. The predicted octanol–water partition coefficient (Wildman–Crippen LogP) is 3.66. The summed E-state index contributed by atoms with van der Waals surface area (Å²) in [6, 6.07) is 7.65. The minimum absolute atomic E-state index is 0.226. The normalized spacial score (nSPS) is 15.4. The van der Waals surface area contributed by atoms with Crippen molar-refractivity contribution in [3.05, 3.63) is 35.4 Å². The van der Waals surface area contributed by atoms with Crippen LogP contribution in [0.4, 0.5) is 0 Å². The molecule has 0 radical (unpaired) electrons. The molecule has 0 heterocycles. The van der Waals surface area contributed by atoms with E-state index in [1.54, 1.807) is 12.1 Å². The molecule has 0 aromatic heterocycles. The van der Waals surface area contributed by atoms with Gasteiger partial charge in [-0.1, -0.05) is 45.2 Å². The summed E-state index contributed by atoms with van der Waals surface area (Å²) >= 11 is 0. The molecule has 1 N–H and O–H groups in total. The molecule has 1 fully saturated rings. The predicted molar refractivity (Wildman–Crippen MR) is 90.4 cm³/mol. The molecular weight excluding hydrogens is 290 g/mol. The van der Waals surface area contributed by atoms with E-state index in [0.717, 1.165) is 0 Å². The average Bonchev–Trinajstić information content (AvgIpc) is 2.58. The van der Waals surface area contributed by atoms with Gasteiger partial charge in [0, 0.05) is 6.54 Å². The molecule has 4 heteroatoms. The Labute approximate surface area is 138 Å². The summed E-state index contributed by atoms with van der Waals surface area (Å²) in [6.45, 7) is 4.39. The monoisotopic (exact) mass is 317 g/mol. The van der Waals surface area contributed by atoms with Crippen LogP contribution < -0.4 is 5.32 Å². The molecule has 1 aliphatic rings. The zero-order chi connectivity index (χ0) is 16.7. The summed E-state index contributed by atoms with van der Waals surface area (Å²) in [5.74, 6) is 0.295. The van der Waals surface area contributed by atoms with E-state index >= 15 is 0 Å². The van der Waals surface area contributed by atoms with E-state index in [1.807, 2.05) is 26.0 Å². The van der Waals surface area contributed by atoms with E-state index < -0.39 is 5.97 Å². The molecule has 1 amide bonds. The highest BCUT2D eigenvalue weighted by atomic mass is 16.5. The molecule has 2 rings (SSSR count). The second-order valence-corrected chi connectivity index (χ2v) is 6.73. The number of carbonyl (C=O) groups is 2. The topological polar surface area (TPSA) is 55.4 Å². The standard InChI is InChI=1S/C19H27NO3/c1-14(2)12-20-18(21)13-23-19(22)17-10-8-16(9-11-17)15-6-4-3-5-7-15/h8-11,14-15H,3-7,12-13H2,1-2H3,(H,20,21). The Morgan fingerprint density at radius 2 is 1.78 bits per heavy atom. The van der Waals surface area contributed by atoms with Crippen LogP contribution in [0, 0.1) is 5.92 Å². The number of carbonyl (C=O) groups excluding carboxylic acids is 2. The lowest BCUT2D eigenvalue weighted by Crippen LogP contribution is -2.31. The fraction of sp³-hybridized carbons (Fsp3) is 0.579. The first kappa shape index (κ1) is 17.5. The molecule has 0 unspecified atom stereocenters. The minimum Gasteiger partial charge on any atom is -0.452 e. The molecule has 0 bridgehead atoms. The van der Waals surface area contributed by atoms with Crippen LogP contribution in [0.15, 0.2) is 24.3 Å². The van der Waals surface area contributed by atoms with E-state index in [0.29, 0.717) is 23.9 Å². The first-order valence-electron chi connectivity index (χ1n) is 8.60. The number of hydrogen-bond donors (Lipinski definition) is 1. The maximum Gasteiger partial charge on any atom is 0.338 e. The summed E-state index contributed by atoms with van der Waals surface area (Å²) in [5.41, 5.74) is 1.80. The van der Waals surface area contributed by atoms with E-state index in [4.69, 9.17) is 4.74 Å². The van der Waals surface area contributed by atoms with Crippen molar-refractivity contribution in [3.63, 3.8) is 0 Å². The number of ether oxygens (including phenoxy) is 1. The Bertz CT molecular complexity index is 516. The Morgan fingerprint density at radius 3 is 2.39 bits per heavy atom. The highest BCUT2D eigenvalue weighted by Gasteiger charge is 2.16. The van der Waals surface area contributed by atoms with Crippen molar-refractivity contribution < 1.29 is 14.3 Å². The van der Waals surface area contributed by atoms with Gasteiger partial charge in [0.1, 0.15) is 0 Å². The maximum absolute atomic E-state index is 12.0. The van der Waals surface area contributed by atoms with Crippen molar-refractivity contribution in [1.29, 1.82) is 0 Å². The fourth-order valence-corrected chi connectivity index (χ4v) is 2.91. The molecule has 0 saturated heterocycles. The zero-order valence-electron chi connectivity index (χ0n) is 14.1. The third-order valence-electron chi connectivity index (χ3n) is 4.26. The van der Waals surface area contributed by atoms with Gasteiger partial charge in [0.15, 0.2) is 6.61 Å². The molecule has 1 aliphatic carbocycles. The van der Waals surface area contributed by atoms with Crippen LogP contribution in [-0.4, -0.2) is 25.0 Å². The summed E-state index contributed by atoms with van der Waals surface area (Å²) in [4.78, 5) is 23.5. The molecule has 0 spiro atoms. The molecule has 1 aromatic carbocycles. The van der Waals surface area contributed by atoms with Crippen LogP contribution >= 0.6 is 0 Å². The smallest absolute Gasteiger partial charge is 0.338 e. The summed E-state index contributed by atoms with van der Waals surface area (Å²) in [7, 11) is 0. The number of nitrogens with one attached hydrogen (secondary N) is 1. The molecule has 4 nitrogen and oxygen atoms in total. The molecule has 0 atom stereocenters. The Kier molecular flexibility index (Phi) is 6.63. The highest BCUT2D eigenvalue weighted by Crippen LogP contribution is 2.32. The summed E-state index contributed by atoms with van der Waals surface area (Å²) in [6.07, 6.45) is 6.39. The van der Waals surface area contributed by atoms with Gasteiger partial charge in [0.25, 0.3) is 5.91 Å². The van der Waals surface area contributed by atoms with Crippen molar-refractivity contribution in [1.82, 2.24) is 5.32 Å². The van der Waals surface area contributed by atoms with E-state index in [-0.39, 0.29) is 12.5 Å². The van der Waals surface area contributed by atoms with Gasteiger partial charge in [-0.05, 0) is 42.4 Å². The van der Waals surface area contributed by atoms with Crippen molar-refractivity contribution in [2.24, 2.45) is 5.92 Å². The minimum atomic E-state index is -0.445. The number of amides is 1. The van der Waals surface area contributed by atoms with Gasteiger partial charge < -0.3 is 10.1 Å². The van der Waals surface area contributed by atoms with Crippen molar-refractivity contribution in [2.45, 2.75) is 51.9 Å². The summed E-state index contributed by atoms with van der Waals surface area (Å²) in [5, 5.41) is 2.72. The summed E-state index contributed by atoms with van der Waals surface area (Å²) < 4.78 is 5.06. The quantitative estimate of drug-likeness (QED) is 0.815. The van der Waals surface area contributed by atoms with Gasteiger partial charge >= 0.3 is 5.97 Å². The van der Waals surface area contributed by atoms with E-state index in [2.05, 4.69) is 5.32 Å². The lowest BCUT2D eigenvalue weighted by molar-refractivity contribution is -0.124. The molecular formula is C19H27NO3. The molecule has 1 aromatic rings. The third-order valence-corrected chi connectivity index (χ3v) is 4.26. The van der Waals surface area contributed by atoms with Gasteiger partial charge in [0.05, 0.1) is 5.56 Å². The molecule has 0 aliphatic heterocycles. The van der Waals surface area contributed by atoms with Crippen molar-refractivity contribution in [3.8, 4) is 0 Å². The van der Waals surface area contributed by atoms with Gasteiger partial charge in [0.2, 0.25) is 0 Å². The van der Waals surface area contributed by atoms with Gasteiger partial charge in [-0.3, -0.25) is 4.79 Å². The number of esters is 1. The second kappa shape index (κ2) is 8.70. The van der Waals surface area contributed by atoms with E-state index in [9.17, 15) is 9.59 Å². The van der Waals surface area contributed by atoms with Gasteiger partial charge in [-0.15, -0.1) is 0 Å². The number of hydrogen-bond acceptors (Lipinski definition) is 3. The Morgan fingerprint density at radius 1 is 1.13 bits per heavy atom. The SMILES string of the molecule is CC(C)CNC(=O)COC(=O)c1ccc(C2CCCCC2)cc1. The molecule has 23 heavy (non-hydrogen) atoms. The highest BCUT2D eigenvalue weighted by molar-refractivity contribution is 5.91. The largest absolute Gasteiger partial charge is 0.452 e. The van der Waals surface area contributed by atoms with Crippen molar-refractivity contribution >= 4 is 11.9 Å². The lowest BCUT2D eigenvalue weighted by atomic mass is 9.84. The molecule has 1 saturated carbocycles. The van der Waals surface area contributed by atoms with E-state index in [1.165, 1.54) is 37.7 Å². The number of benzene rings is 1. The van der Waals surface area contributed by atoms with Crippen LogP contribution in [0.5, 0.6) is 0 Å². The third kappa shape index (κ3) is 5.70.